The van der Waals surface area contributed by atoms with E-state index >= 15 is 0 Å². The summed E-state index contributed by atoms with van der Waals surface area (Å²) in [5.41, 5.74) is 4.66. The monoisotopic (exact) mass is 229 g/mol. The number of anilines is 1. The number of hydrogen-bond acceptors (Lipinski definition) is 4. The van der Waals surface area contributed by atoms with E-state index in [0.29, 0.717) is 0 Å². The number of aromatic nitrogens is 2. The predicted octanol–water partition coefficient (Wildman–Crippen LogP) is 2.34. The zero-order valence-electron chi connectivity index (χ0n) is 7.82. The Balaban J connectivity index is 2.53. The molecule has 84 valence electrons. The van der Waals surface area contributed by atoms with Crippen LogP contribution < -0.4 is 5.73 Å². The predicted molar refractivity (Wildman–Crippen MR) is 49.1 cm³/mol. The molecule has 0 saturated heterocycles. The highest BCUT2D eigenvalue weighted by Gasteiger charge is 2.31. The molecule has 0 atom stereocenters. The molecule has 1 heterocycles. The first kappa shape index (κ1) is 10.5. The minimum absolute atomic E-state index is 0.00204. The molecule has 0 unspecified atom stereocenters. The van der Waals surface area contributed by atoms with E-state index in [2.05, 4.69) is 14.7 Å². The molecule has 0 bridgehead atoms. The second-order valence-corrected chi connectivity index (χ2v) is 3.09. The lowest BCUT2D eigenvalue weighted by molar-refractivity contribution is -0.137. The van der Waals surface area contributed by atoms with Gasteiger partial charge in [-0.15, -0.1) is 0 Å². The van der Waals surface area contributed by atoms with Gasteiger partial charge in [0, 0.05) is 11.3 Å². The summed E-state index contributed by atoms with van der Waals surface area (Å²) in [6.45, 7) is 0. The molecule has 0 spiro atoms. The van der Waals surface area contributed by atoms with E-state index in [0.717, 1.165) is 18.5 Å². The van der Waals surface area contributed by atoms with Crippen LogP contribution in [0, 0.1) is 0 Å². The van der Waals surface area contributed by atoms with Gasteiger partial charge < -0.3 is 10.3 Å². The van der Waals surface area contributed by atoms with Crippen LogP contribution in [0.1, 0.15) is 5.56 Å². The Kier molecular flexibility index (Phi) is 2.30. The van der Waals surface area contributed by atoms with Crippen LogP contribution in [0.4, 0.5) is 18.9 Å². The minimum atomic E-state index is -4.45. The molecule has 0 aliphatic rings. The normalized spacial score (nSPS) is 11.7. The van der Waals surface area contributed by atoms with Crippen molar-refractivity contribution in [2.75, 3.05) is 5.73 Å². The molecule has 1 aromatic carbocycles. The van der Waals surface area contributed by atoms with Gasteiger partial charge in [0.2, 0.25) is 0 Å². The van der Waals surface area contributed by atoms with Gasteiger partial charge >= 0.3 is 6.18 Å². The summed E-state index contributed by atoms with van der Waals surface area (Å²) < 4.78 is 42.1. The van der Waals surface area contributed by atoms with Gasteiger partial charge in [-0.3, -0.25) is 0 Å². The van der Waals surface area contributed by atoms with Gasteiger partial charge in [0.05, 0.1) is 5.56 Å². The Morgan fingerprint density at radius 2 is 1.94 bits per heavy atom. The van der Waals surface area contributed by atoms with E-state index in [1.54, 1.807) is 0 Å². The van der Waals surface area contributed by atoms with Gasteiger partial charge in [0.1, 0.15) is 0 Å². The molecule has 0 radical (unpaired) electrons. The Hall–Kier alpha value is -2.05. The van der Waals surface area contributed by atoms with E-state index in [1.807, 2.05) is 0 Å². The van der Waals surface area contributed by atoms with Crippen LogP contribution in [0.25, 0.3) is 11.5 Å². The maximum Gasteiger partial charge on any atom is 0.416 e. The Labute approximate surface area is 87.9 Å². The van der Waals surface area contributed by atoms with Gasteiger partial charge in [-0.25, -0.2) is 0 Å². The van der Waals surface area contributed by atoms with Crippen molar-refractivity contribution in [3.05, 3.63) is 30.1 Å². The van der Waals surface area contributed by atoms with Crippen molar-refractivity contribution in [2.24, 2.45) is 0 Å². The van der Waals surface area contributed by atoms with Crippen molar-refractivity contribution in [3.8, 4) is 11.5 Å². The fraction of sp³-hybridized carbons (Fsp3) is 0.111. The third-order valence-electron chi connectivity index (χ3n) is 1.89. The van der Waals surface area contributed by atoms with E-state index in [1.165, 1.54) is 6.07 Å². The molecule has 16 heavy (non-hydrogen) atoms. The van der Waals surface area contributed by atoms with Crippen LogP contribution >= 0.6 is 0 Å². The maximum absolute atomic E-state index is 12.5. The number of rotatable bonds is 1. The number of halogens is 3. The Morgan fingerprint density at radius 1 is 1.19 bits per heavy atom. The lowest BCUT2D eigenvalue weighted by Gasteiger charge is -2.08. The Morgan fingerprint density at radius 3 is 2.50 bits per heavy atom. The van der Waals surface area contributed by atoms with Crippen molar-refractivity contribution in [1.29, 1.82) is 0 Å². The number of nitrogens with two attached hydrogens (primary N) is 1. The fourth-order valence-electron chi connectivity index (χ4n) is 1.24. The summed E-state index contributed by atoms with van der Waals surface area (Å²) in [4.78, 5) is 3.65. The van der Waals surface area contributed by atoms with Gasteiger partial charge in [-0.2, -0.15) is 18.2 Å². The SMILES string of the molecule is Nc1cc(-c2ncno2)cc(C(F)(F)F)c1. The van der Waals surface area contributed by atoms with Crippen LogP contribution in [-0.2, 0) is 6.18 Å². The van der Waals surface area contributed by atoms with Crippen LogP contribution in [0.15, 0.2) is 29.0 Å². The van der Waals surface area contributed by atoms with Crippen molar-refractivity contribution >= 4 is 5.69 Å². The number of nitrogens with zero attached hydrogens (tertiary/aromatic N) is 2. The highest BCUT2D eigenvalue weighted by molar-refractivity contribution is 5.61. The molecule has 0 amide bonds. The standard InChI is InChI=1S/C9H6F3N3O/c10-9(11,12)6-1-5(2-7(13)3-6)8-14-4-15-16-8/h1-4H,13H2. The minimum Gasteiger partial charge on any atom is -0.399 e. The smallest absolute Gasteiger partial charge is 0.399 e. The first-order chi connectivity index (χ1) is 7.47. The highest BCUT2D eigenvalue weighted by Crippen LogP contribution is 2.33. The third kappa shape index (κ3) is 1.97. The molecule has 0 saturated carbocycles. The maximum atomic E-state index is 12.5. The first-order valence-electron chi connectivity index (χ1n) is 4.21. The van der Waals surface area contributed by atoms with E-state index in [4.69, 9.17) is 5.73 Å². The average Bonchev–Trinajstić information content (AvgIpc) is 2.68. The van der Waals surface area contributed by atoms with Gasteiger partial charge in [-0.1, -0.05) is 5.16 Å². The summed E-state index contributed by atoms with van der Waals surface area (Å²) in [6, 6.07) is 3.09. The summed E-state index contributed by atoms with van der Waals surface area (Å²) in [6.07, 6.45) is -3.35. The second-order valence-electron chi connectivity index (χ2n) is 3.09. The lowest BCUT2D eigenvalue weighted by atomic mass is 10.1. The zero-order valence-corrected chi connectivity index (χ0v) is 7.82. The first-order valence-corrected chi connectivity index (χ1v) is 4.21. The van der Waals surface area contributed by atoms with E-state index in [9.17, 15) is 13.2 Å². The van der Waals surface area contributed by atoms with Crippen LogP contribution in [0.2, 0.25) is 0 Å². The zero-order chi connectivity index (χ0) is 11.8. The Bertz CT molecular complexity index is 493. The molecule has 0 aliphatic heterocycles. The molecule has 4 nitrogen and oxygen atoms in total. The van der Waals surface area contributed by atoms with E-state index < -0.39 is 11.7 Å². The topological polar surface area (TPSA) is 64.9 Å². The number of alkyl halides is 3. The number of hydrogen-bond donors (Lipinski definition) is 1. The molecule has 7 heteroatoms. The molecule has 2 rings (SSSR count). The average molecular weight is 229 g/mol. The van der Waals surface area contributed by atoms with Crippen LogP contribution in [-0.4, -0.2) is 10.1 Å². The van der Waals surface area contributed by atoms with E-state index in [-0.39, 0.29) is 17.1 Å². The third-order valence-corrected chi connectivity index (χ3v) is 1.89. The second kappa shape index (κ2) is 3.51. The fourth-order valence-corrected chi connectivity index (χ4v) is 1.24. The number of nitrogen functional groups attached to an aromatic ring is 1. The molecule has 1 aromatic heterocycles. The van der Waals surface area contributed by atoms with Crippen molar-refractivity contribution in [3.63, 3.8) is 0 Å². The largest absolute Gasteiger partial charge is 0.416 e. The quantitative estimate of drug-likeness (QED) is 0.762. The summed E-state index contributed by atoms with van der Waals surface area (Å²) in [7, 11) is 0. The van der Waals surface area contributed by atoms with Crippen LogP contribution in [0.3, 0.4) is 0 Å². The summed E-state index contributed by atoms with van der Waals surface area (Å²) in [5.74, 6) is -0.00204. The summed E-state index contributed by atoms with van der Waals surface area (Å²) >= 11 is 0. The van der Waals surface area contributed by atoms with Gasteiger partial charge in [0.25, 0.3) is 5.89 Å². The molecular formula is C9H6F3N3O. The van der Waals surface area contributed by atoms with Crippen molar-refractivity contribution in [1.82, 2.24) is 10.1 Å². The molecule has 0 aliphatic carbocycles. The molecular weight excluding hydrogens is 223 g/mol. The van der Waals surface area contributed by atoms with Gasteiger partial charge in [-0.05, 0) is 18.2 Å². The van der Waals surface area contributed by atoms with Gasteiger partial charge in [0.15, 0.2) is 6.33 Å². The number of benzene rings is 1. The lowest BCUT2D eigenvalue weighted by Crippen LogP contribution is -2.06. The highest BCUT2D eigenvalue weighted by atomic mass is 19.4. The van der Waals surface area contributed by atoms with Crippen LogP contribution in [0.5, 0.6) is 0 Å². The van der Waals surface area contributed by atoms with Crippen molar-refractivity contribution < 1.29 is 17.7 Å². The molecule has 2 N–H and O–H groups in total. The van der Waals surface area contributed by atoms with Crippen molar-refractivity contribution in [2.45, 2.75) is 6.18 Å². The molecule has 0 fully saturated rings. The molecule has 2 aromatic rings. The summed E-state index contributed by atoms with van der Waals surface area (Å²) in [5, 5.41) is 3.31.